The lowest BCUT2D eigenvalue weighted by Crippen LogP contribution is -2.29. The molecule has 15 heavy (non-hydrogen) atoms. The second-order valence-corrected chi connectivity index (χ2v) is 4.73. The molecule has 0 N–H and O–H groups in total. The Morgan fingerprint density at radius 2 is 2.07 bits per heavy atom. The van der Waals surface area contributed by atoms with Crippen LogP contribution in [-0.2, 0) is 5.92 Å². The van der Waals surface area contributed by atoms with Crippen molar-refractivity contribution in [2.45, 2.75) is 45.6 Å². The minimum Gasteiger partial charge on any atom is -0.260 e. The van der Waals surface area contributed by atoms with Gasteiger partial charge in [-0.05, 0) is 31.7 Å². The van der Waals surface area contributed by atoms with Crippen molar-refractivity contribution in [3.05, 3.63) is 17.5 Å². The van der Waals surface area contributed by atoms with Gasteiger partial charge in [0.25, 0.3) is 5.92 Å². The summed E-state index contributed by atoms with van der Waals surface area (Å²) < 4.78 is 28.1. The van der Waals surface area contributed by atoms with E-state index in [0.717, 1.165) is 19.8 Å². The molecule has 1 aliphatic carbocycles. The van der Waals surface area contributed by atoms with Crippen LogP contribution in [0.3, 0.4) is 0 Å². The molecule has 4 heteroatoms. The molecule has 1 saturated carbocycles. The first-order chi connectivity index (χ1) is 6.88. The van der Waals surface area contributed by atoms with Gasteiger partial charge in [-0.15, -0.1) is 0 Å². The Hall–Kier alpha value is -0.930. The third-order valence-corrected chi connectivity index (χ3v) is 3.00. The average Bonchev–Trinajstić information content (AvgIpc) is 2.40. The standard InChI is InChI=1S/C11H16F2N2/c1-7-4-9(5-7)15-10(11(3,12)13)6-8(2)14-15/h6-7,9H,4-5H2,1-3H3. The van der Waals surface area contributed by atoms with E-state index >= 15 is 0 Å². The minimum absolute atomic E-state index is 0.0527. The van der Waals surface area contributed by atoms with E-state index in [2.05, 4.69) is 12.0 Å². The van der Waals surface area contributed by atoms with Crippen LogP contribution in [0.2, 0.25) is 0 Å². The fraction of sp³-hybridized carbons (Fsp3) is 0.727. The Morgan fingerprint density at radius 3 is 2.53 bits per heavy atom. The molecule has 0 saturated heterocycles. The molecule has 0 aromatic carbocycles. The Morgan fingerprint density at radius 1 is 1.47 bits per heavy atom. The van der Waals surface area contributed by atoms with Crippen LogP contribution in [0.5, 0.6) is 0 Å². The van der Waals surface area contributed by atoms with Crippen molar-refractivity contribution < 1.29 is 8.78 Å². The highest BCUT2D eigenvalue weighted by molar-refractivity contribution is 5.15. The van der Waals surface area contributed by atoms with E-state index in [0.29, 0.717) is 11.6 Å². The van der Waals surface area contributed by atoms with Gasteiger partial charge in [0.15, 0.2) is 0 Å². The number of nitrogens with zero attached hydrogens (tertiary/aromatic N) is 2. The van der Waals surface area contributed by atoms with E-state index in [9.17, 15) is 8.78 Å². The van der Waals surface area contributed by atoms with Crippen LogP contribution < -0.4 is 0 Å². The SMILES string of the molecule is Cc1cc(C(C)(F)F)n(C2CC(C)C2)n1. The number of aryl methyl sites for hydroxylation is 1. The number of aromatic nitrogens is 2. The monoisotopic (exact) mass is 214 g/mol. The number of rotatable bonds is 2. The zero-order chi connectivity index (χ0) is 11.2. The molecule has 84 valence electrons. The molecule has 1 aromatic heterocycles. The molecule has 1 aliphatic rings. The first-order valence-corrected chi connectivity index (χ1v) is 5.32. The normalized spacial score (nSPS) is 26.5. The Kier molecular flexibility index (Phi) is 2.32. The molecule has 1 fully saturated rings. The van der Waals surface area contributed by atoms with Crippen LogP contribution in [0, 0.1) is 12.8 Å². The Balaban J connectivity index is 2.30. The van der Waals surface area contributed by atoms with Gasteiger partial charge in [-0.2, -0.15) is 13.9 Å². The molecule has 0 aliphatic heterocycles. The van der Waals surface area contributed by atoms with Crippen LogP contribution in [0.4, 0.5) is 8.78 Å². The first-order valence-electron chi connectivity index (χ1n) is 5.32. The van der Waals surface area contributed by atoms with Gasteiger partial charge < -0.3 is 0 Å². The number of hydrogen-bond donors (Lipinski definition) is 0. The third kappa shape index (κ3) is 1.90. The van der Waals surface area contributed by atoms with E-state index < -0.39 is 5.92 Å². The van der Waals surface area contributed by atoms with E-state index in [1.807, 2.05) is 0 Å². The molecule has 1 aromatic rings. The number of hydrogen-bond acceptors (Lipinski definition) is 1. The molecule has 0 unspecified atom stereocenters. The lowest BCUT2D eigenvalue weighted by Gasteiger charge is -2.34. The summed E-state index contributed by atoms with van der Waals surface area (Å²) in [4.78, 5) is 0. The van der Waals surface area contributed by atoms with Crippen LogP contribution in [0.1, 0.15) is 44.1 Å². The van der Waals surface area contributed by atoms with E-state index in [1.165, 1.54) is 10.7 Å². The van der Waals surface area contributed by atoms with Gasteiger partial charge in [0.05, 0.1) is 11.7 Å². The fourth-order valence-corrected chi connectivity index (χ4v) is 2.18. The predicted octanol–water partition coefficient (Wildman–Crippen LogP) is 3.27. The summed E-state index contributed by atoms with van der Waals surface area (Å²) in [5, 5.41) is 4.17. The van der Waals surface area contributed by atoms with Crippen molar-refractivity contribution >= 4 is 0 Å². The molecule has 2 rings (SSSR count). The summed E-state index contributed by atoms with van der Waals surface area (Å²) in [5.41, 5.74) is 0.725. The largest absolute Gasteiger partial charge is 0.286 e. The van der Waals surface area contributed by atoms with E-state index in [-0.39, 0.29) is 11.7 Å². The van der Waals surface area contributed by atoms with Crippen LogP contribution in [0.15, 0.2) is 6.07 Å². The third-order valence-electron chi connectivity index (χ3n) is 3.00. The quantitative estimate of drug-likeness (QED) is 0.738. The summed E-state index contributed by atoms with van der Waals surface area (Å²) in [7, 11) is 0. The van der Waals surface area contributed by atoms with Gasteiger partial charge in [-0.3, -0.25) is 4.68 Å². The summed E-state index contributed by atoms with van der Waals surface area (Å²) in [5.74, 6) is -2.15. The van der Waals surface area contributed by atoms with Gasteiger partial charge in [-0.25, -0.2) is 0 Å². The lowest BCUT2D eigenvalue weighted by molar-refractivity contribution is 0.00214. The van der Waals surface area contributed by atoms with E-state index in [1.54, 1.807) is 6.92 Å². The molecule has 1 heterocycles. The predicted molar refractivity (Wildman–Crippen MR) is 54.0 cm³/mol. The van der Waals surface area contributed by atoms with Crippen molar-refractivity contribution in [1.82, 2.24) is 9.78 Å². The fourth-order valence-electron chi connectivity index (χ4n) is 2.18. The van der Waals surface area contributed by atoms with Crippen molar-refractivity contribution in [1.29, 1.82) is 0 Å². The molecule has 2 nitrogen and oxygen atoms in total. The van der Waals surface area contributed by atoms with Crippen molar-refractivity contribution in [2.75, 3.05) is 0 Å². The van der Waals surface area contributed by atoms with Gasteiger partial charge in [-0.1, -0.05) is 6.92 Å². The van der Waals surface area contributed by atoms with Crippen molar-refractivity contribution in [3.8, 4) is 0 Å². The van der Waals surface area contributed by atoms with Gasteiger partial charge in [0, 0.05) is 6.92 Å². The smallest absolute Gasteiger partial charge is 0.260 e. The van der Waals surface area contributed by atoms with Gasteiger partial charge in [0.1, 0.15) is 5.69 Å². The maximum atomic E-state index is 13.3. The summed E-state index contributed by atoms with van der Waals surface area (Å²) in [6.45, 7) is 4.83. The number of halogens is 2. The maximum absolute atomic E-state index is 13.3. The molecule has 0 radical (unpaired) electrons. The van der Waals surface area contributed by atoms with Crippen LogP contribution in [-0.4, -0.2) is 9.78 Å². The second kappa shape index (κ2) is 3.29. The minimum atomic E-state index is -2.79. The second-order valence-electron chi connectivity index (χ2n) is 4.73. The van der Waals surface area contributed by atoms with Crippen molar-refractivity contribution in [3.63, 3.8) is 0 Å². The van der Waals surface area contributed by atoms with Gasteiger partial charge >= 0.3 is 0 Å². The lowest BCUT2D eigenvalue weighted by atomic mass is 9.82. The van der Waals surface area contributed by atoms with Crippen molar-refractivity contribution in [2.24, 2.45) is 5.92 Å². The number of alkyl halides is 2. The molecular formula is C11H16F2N2. The molecule has 0 spiro atoms. The first kappa shape index (κ1) is 10.6. The highest BCUT2D eigenvalue weighted by Gasteiger charge is 2.35. The highest BCUT2D eigenvalue weighted by Crippen LogP contribution is 2.40. The van der Waals surface area contributed by atoms with Gasteiger partial charge in [0.2, 0.25) is 0 Å². The van der Waals surface area contributed by atoms with Crippen LogP contribution in [0.25, 0.3) is 0 Å². The van der Waals surface area contributed by atoms with E-state index in [4.69, 9.17) is 0 Å². The summed E-state index contributed by atoms with van der Waals surface area (Å²) in [6.07, 6.45) is 1.92. The highest BCUT2D eigenvalue weighted by atomic mass is 19.3. The zero-order valence-electron chi connectivity index (χ0n) is 9.30. The summed E-state index contributed by atoms with van der Waals surface area (Å²) in [6, 6.07) is 1.66. The summed E-state index contributed by atoms with van der Waals surface area (Å²) >= 11 is 0. The molecule has 0 amide bonds. The topological polar surface area (TPSA) is 17.8 Å². The molecule has 0 bridgehead atoms. The molecule has 0 atom stereocenters. The Bertz CT molecular complexity index is 359. The molecular weight excluding hydrogens is 198 g/mol. The van der Waals surface area contributed by atoms with Crippen LogP contribution >= 0.6 is 0 Å². The zero-order valence-corrected chi connectivity index (χ0v) is 9.30. The maximum Gasteiger partial charge on any atom is 0.286 e. The Labute approximate surface area is 88.3 Å². The average molecular weight is 214 g/mol.